The summed E-state index contributed by atoms with van der Waals surface area (Å²) >= 11 is 0. The molecule has 0 unspecified atom stereocenters. The number of carbonyl (C=O) groups is 2. The Morgan fingerprint density at radius 2 is 2.18 bits per heavy atom. The molecule has 0 aliphatic carbocycles. The lowest BCUT2D eigenvalue weighted by Crippen LogP contribution is -2.15. The van der Waals surface area contributed by atoms with Crippen LogP contribution in [0.5, 0.6) is 0 Å². The van der Waals surface area contributed by atoms with Gasteiger partial charge in [-0.15, -0.1) is 0 Å². The van der Waals surface area contributed by atoms with E-state index in [1.807, 2.05) is 0 Å². The van der Waals surface area contributed by atoms with Crippen molar-refractivity contribution < 1.29 is 14.1 Å². The Labute approximate surface area is 101 Å². The Morgan fingerprint density at radius 1 is 1.35 bits per heavy atom. The van der Waals surface area contributed by atoms with Gasteiger partial charge in [-0.3, -0.25) is 14.9 Å². The minimum Gasteiger partial charge on any atom is -0.338 e. The van der Waals surface area contributed by atoms with Crippen LogP contribution in [0.4, 0.5) is 5.88 Å². The molecular formula is C12H18N2O3. The van der Waals surface area contributed by atoms with Gasteiger partial charge in [-0.25, -0.2) is 0 Å². The highest BCUT2D eigenvalue weighted by Crippen LogP contribution is 2.07. The molecule has 1 rings (SSSR count). The Balaban J connectivity index is 2.15. The lowest BCUT2D eigenvalue weighted by Gasteiger charge is -2.01. The van der Waals surface area contributed by atoms with E-state index in [1.165, 1.54) is 12.3 Å². The van der Waals surface area contributed by atoms with E-state index in [9.17, 15) is 9.59 Å². The van der Waals surface area contributed by atoms with Crippen LogP contribution in [0.2, 0.25) is 0 Å². The van der Waals surface area contributed by atoms with Crippen molar-refractivity contribution in [2.45, 2.75) is 45.4 Å². The summed E-state index contributed by atoms with van der Waals surface area (Å²) in [5.74, 6) is -0.103. The van der Waals surface area contributed by atoms with E-state index in [2.05, 4.69) is 17.4 Å². The van der Waals surface area contributed by atoms with Crippen molar-refractivity contribution in [3.8, 4) is 0 Å². The molecule has 94 valence electrons. The molecule has 17 heavy (non-hydrogen) atoms. The minimum absolute atomic E-state index is 0.0295. The summed E-state index contributed by atoms with van der Waals surface area (Å²) in [7, 11) is 0. The van der Waals surface area contributed by atoms with Crippen molar-refractivity contribution >= 4 is 17.6 Å². The van der Waals surface area contributed by atoms with Crippen molar-refractivity contribution in [1.82, 2.24) is 5.16 Å². The number of hydrogen-bond acceptors (Lipinski definition) is 4. The van der Waals surface area contributed by atoms with Crippen LogP contribution in [-0.4, -0.2) is 16.8 Å². The van der Waals surface area contributed by atoms with E-state index in [1.54, 1.807) is 0 Å². The molecule has 0 saturated heterocycles. The number of rotatable bonds is 8. The first-order valence-corrected chi connectivity index (χ1v) is 5.94. The summed E-state index contributed by atoms with van der Waals surface area (Å²) in [6.45, 7) is 2.12. The van der Waals surface area contributed by atoms with Gasteiger partial charge in [0.25, 0.3) is 0 Å². The molecule has 1 N–H and O–H groups in total. The Bertz CT molecular complexity index is 347. The number of Topliss-reactive ketones (excluding diaryl/α,β-unsaturated/α-hetero) is 1. The number of unbranched alkanes of at least 4 members (excludes halogenated alkanes) is 3. The summed E-state index contributed by atoms with van der Waals surface area (Å²) in [5.41, 5.74) is 0. The van der Waals surface area contributed by atoms with Crippen LogP contribution in [0.1, 0.15) is 45.4 Å². The summed E-state index contributed by atoms with van der Waals surface area (Å²) in [6.07, 6.45) is 6.00. The van der Waals surface area contributed by atoms with Crippen LogP contribution >= 0.6 is 0 Å². The zero-order valence-corrected chi connectivity index (χ0v) is 10.1. The van der Waals surface area contributed by atoms with Gasteiger partial charge in [0, 0.05) is 12.5 Å². The van der Waals surface area contributed by atoms with Gasteiger partial charge < -0.3 is 4.52 Å². The average Bonchev–Trinajstić information content (AvgIpc) is 2.77. The van der Waals surface area contributed by atoms with E-state index in [4.69, 9.17) is 4.52 Å². The monoisotopic (exact) mass is 238 g/mol. The van der Waals surface area contributed by atoms with Crippen LogP contribution in [0.15, 0.2) is 16.8 Å². The van der Waals surface area contributed by atoms with Gasteiger partial charge in [-0.1, -0.05) is 31.3 Å². The highest BCUT2D eigenvalue weighted by atomic mass is 16.5. The SMILES string of the molecule is CCCCCCC(=O)CC(=O)Nc1ccno1. The van der Waals surface area contributed by atoms with Gasteiger partial charge >= 0.3 is 0 Å². The van der Waals surface area contributed by atoms with Gasteiger partial charge in [-0.2, -0.15) is 0 Å². The molecule has 0 aliphatic heterocycles. The van der Waals surface area contributed by atoms with E-state index in [-0.39, 0.29) is 24.0 Å². The summed E-state index contributed by atoms with van der Waals surface area (Å²) in [5, 5.41) is 5.92. The number of ketones is 1. The second-order valence-electron chi connectivity index (χ2n) is 3.95. The summed E-state index contributed by atoms with van der Waals surface area (Å²) in [4.78, 5) is 22.8. The molecular weight excluding hydrogens is 220 g/mol. The molecule has 0 atom stereocenters. The first kappa shape index (κ1) is 13.4. The second-order valence-corrected chi connectivity index (χ2v) is 3.95. The fourth-order valence-corrected chi connectivity index (χ4v) is 1.48. The third-order valence-corrected chi connectivity index (χ3v) is 2.37. The summed E-state index contributed by atoms with van der Waals surface area (Å²) in [6, 6.07) is 1.53. The third-order valence-electron chi connectivity index (χ3n) is 2.37. The van der Waals surface area contributed by atoms with E-state index >= 15 is 0 Å². The first-order chi connectivity index (χ1) is 8.22. The fourth-order valence-electron chi connectivity index (χ4n) is 1.48. The minimum atomic E-state index is -0.345. The highest BCUT2D eigenvalue weighted by Gasteiger charge is 2.10. The molecule has 1 amide bonds. The van der Waals surface area contributed by atoms with Crippen molar-refractivity contribution in [3.05, 3.63) is 12.3 Å². The number of hydrogen-bond donors (Lipinski definition) is 1. The Morgan fingerprint density at radius 3 is 2.82 bits per heavy atom. The van der Waals surface area contributed by atoms with Crippen LogP contribution in [-0.2, 0) is 9.59 Å². The van der Waals surface area contributed by atoms with Gasteiger partial charge in [0.2, 0.25) is 11.8 Å². The standard InChI is InChI=1S/C12H18N2O3/c1-2-3-4-5-6-10(15)9-11(16)14-12-7-8-13-17-12/h7-8H,2-6,9H2,1H3,(H,14,16). The Kier molecular flexibility index (Phi) is 5.99. The molecule has 0 radical (unpaired) electrons. The second kappa shape index (κ2) is 7.60. The zero-order chi connectivity index (χ0) is 12.5. The molecule has 1 heterocycles. The van der Waals surface area contributed by atoms with Crippen LogP contribution < -0.4 is 5.32 Å². The molecule has 1 aromatic rings. The maximum atomic E-state index is 11.4. The predicted octanol–water partition coefficient (Wildman–Crippen LogP) is 2.54. The lowest BCUT2D eigenvalue weighted by atomic mass is 10.1. The highest BCUT2D eigenvalue weighted by molar-refractivity contribution is 6.03. The first-order valence-electron chi connectivity index (χ1n) is 5.94. The molecule has 5 nitrogen and oxygen atoms in total. The summed E-state index contributed by atoms with van der Waals surface area (Å²) < 4.78 is 4.71. The van der Waals surface area contributed by atoms with Crippen molar-refractivity contribution in [1.29, 1.82) is 0 Å². The molecule has 5 heteroatoms. The molecule has 0 aliphatic rings. The molecule has 1 aromatic heterocycles. The average molecular weight is 238 g/mol. The van der Waals surface area contributed by atoms with Crippen LogP contribution in [0, 0.1) is 0 Å². The van der Waals surface area contributed by atoms with Crippen LogP contribution in [0.3, 0.4) is 0 Å². The van der Waals surface area contributed by atoms with E-state index in [0.717, 1.165) is 25.7 Å². The molecule has 0 fully saturated rings. The smallest absolute Gasteiger partial charge is 0.234 e. The topological polar surface area (TPSA) is 72.2 Å². The van der Waals surface area contributed by atoms with Crippen molar-refractivity contribution in [3.63, 3.8) is 0 Å². The van der Waals surface area contributed by atoms with Crippen molar-refractivity contribution in [2.75, 3.05) is 5.32 Å². The predicted molar refractivity (Wildman–Crippen MR) is 63.5 cm³/mol. The van der Waals surface area contributed by atoms with E-state index < -0.39 is 0 Å². The molecule has 0 aromatic carbocycles. The fraction of sp³-hybridized carbons (Fsp3) is 0.583. The molecule has 0 saturated carbocycles. The number of aromatic nitrogens is 1. The van der Waals surface area contributed by atoms with Gasteiger partial charge in [0.15, 0.2) is 0 Å². The maximum Gasteiger partial charge on any atom is 0.234 e. The zero-order valence-electron chi connectivity index (χ0n) is 10.1. The van der Waals surface area contributed by atoms with Gasteiger partial charge in [0.05, 0.1) is 12.6 Å². The largest absolute Gasteiger partial charge is 0.338 e. The molecule has 0 spiro atoms. The quantitative estimate of drug-likeness (QED) is 0.558. The third kappa shape index (κ3) is 5.85. The Hall–Kier alpha value is -1.65. The molecule has 0 bridgehead atoms. The van der Waals surface area contributed by atoms with Gasteiger partial charge in [0.1, 0.15) is 5.78 Å². The number of nitrogens with one attached hydrogen (secondary N) is 1. The number of anilines is 1. The number of carbonyl (C=O) groups excluding carboxylic acids is 2. The van der Waals surface area contributed by atoms with E-state index in [0.29, 0.717) is 6.42 Å². The maximum absolute atomic E-state index is 11.4. The van der Waals surface area contributed by atoms with Crippen LogP contribution in [0.25, 0.3) is 0 Å². The lowest BCUT2D eigenvalue weighted by molar-refractivity contribution is -0.125. The number of amides is 1. The van der Waals surface area contributed by atoms with Gasteiger partial charge in [-0.05, 0) is 6.42 Å². The number of nitrogens with zero attached hydrogens (tertiary/aromatic N) is 1. The normalized spacial score (nSPS) is 10.2. The van der Waals surface area contributed by atoms with Crippen molar-refractivity contribution in [2.24, 2.45) is 0 Å².